The molecule has 4 rings (SSSR count). The van der Waals surface area contributed by atoms with Crippen molar-refractivity contribution in [3.05, 3.63) is 12.2 Å². The van der Waals surface area contributed by atoms with Gasteiger partial charge in [0.1, 0.15) is 6.33 Å². The summed E-state index contributed by atoms with van der Waals surface area (Å²) in [5.74, 6) is 0.351. The van der Waals surface area contributed by atoms with E-state index < -0.39 is 0 Å². The molecule has 9 nitrogen and oxygen atoms in total. The van der Waals surface area contributed by atoms with Crippen molar-refractivity contribution in [1.29, 1.82) is 0 Å². The first-order valence-electron chi connectivity index (χ1n) is 8.81. The van der Waals surface area contributed by atoms with Crippen LogP contribution in [0, 0.1) is 11.8 Å². The number of carbonyl (C=O) groups is 2. The molecule has 2 amide bonds. The molecule has 25 heavy (non-hydrogen) atoms. The Morgan fingerprint density at radius 2 is 2.20 bits per heavy atom. The van der Waals surface area contributed by atoms with Crippen LogP contribution >= 0.6 is 0 Å². The predicted molar refractivity (Wildman–Crippen MR) is 85.1 cm³/mol. The molecule has 1 aromatic rings. The van der Waals surface area contributed by atoms with Gasteiger partial charge in [0, 0.05) is 39.0 Å². The van der Waals surface area contributed by atoms with E-state index in [1.54, 1.807) is 11.9 Å². The van der Waals surface area contributed by atoms with Crippen LogP contribution in [-0.2, 0) is 21.4 Å². The van der Waals surface area contributed by atoms with Crippen LogP contribution in [0.25, 0.3) is 0 Å². The summed E-state index contributed by atoms with van der Waals surface area (Å²) < 4.78 is 7.36. The van der Waals surface area contributed by atoms with Crippen LogP contribution in [0.15, 0.2) is 6.33 Å². The number of fused-ring (bicyclic) bond motifs is 1. The van der Waals surface area contributed by atoms with Crippen molar-refractivity contribution in [1.82, 2.24) is 24.7 Å². The lowest BCUT2D eigenvalue weighted by molar-refractivity contribution is -0.198. The van der Waals surface area contributed by atoms with Gasteiger partial charge in [-0.3, -0.25) is 19.1 Å². The van der Waals surface area contributed by atoms with E-state index in [-0.39, 0.29) is 35.6 Å². The van der Waals surface area contributed by atoms with Crippen molar-refractivity contribution >= 4 is 11.8 Å². The van der Waals surface area contributed by atoms with E-state index in [4.69, 9.17) is 9.57 Å². The average Bonchev–Trinajstić information content (AvgIpc) is 3.32. The zero-order valence-electron chi connectivity index (χ0n) is 14.3. The molecule has 0 spiro atoms. The fourth-order valence-electron chi connectivity index (χ4n) is 3.87. The van der Waals surface area contributed by atoms with Gasteiger partial charge in [0.15, 0.2) is 0 Å². The maximum Gasteiger partial charge on any atom is 0.293 e. The minimum Gasteiger partial charge on any atom is -0.376 e. The van der Waals surface area contributed by atoms with Gasteiger partial charge in [0.05, 0.1) is 19.3 Å². The van der Waals surface area contributed by atoms with Gasteiger partial charge >= 0.3 is 0 Å². The van der Waals surface area contributed by atoms with Crippen LogP contribution in [0.3, 0.4) is 0 Å². The third-order valence-corrected chi connectivity index (χ3v) is 5.23. The molecule has 0 unspecified atom stereocenters. The first-order valence-corrected chi connectivity index (χ1v) is 8.81. The number of ether oxygens (including phenoxy) is 1. The molecule has 3 aliphatic heterocycles. The molecule has 3 aliphatic rings. The van der Waals surface area contributed by atoms with Gasteiger partial charge in [-0.05, 0) is 18.8 Å². The lowest BCUT2D eigenvalue weighted by Gasteiger charge is -2.27. The highest BCUT2D eigenvalue weighted by molar-refractivity contribution is 5.90. The van der Waals surface area contributed by atoms with Gasteiger partial charge in [-0.25, -0.2) is 10.0 Å². The number of hydrogen-bond donors (Lipinski definition) is 0. The summed E-state index contributed by atoms with van der Waals surface area (Å²) in [7, 11) is 1.73. The number of likely N-dealkylation sites (tertiary alicyclic amines) is 1. The van der Waals surface area contributed by atoms with E-state index in [1.807, 2.05) is 0 Å². The van der Waals surface area contributed by atoms with Crippen molar-refractivity contribution < 1.29 is 19.2 Å². The maximum atomic E-state index is 12.5. The van der Waals surface area contributed by atoms with E-state index in [2.05, 4.69) is 10.1 Å². The Morgan fingerprint density at radius 1 is 1.32 bits per heavy atom. The Balaban J connectivity index is 1.36. The number of hydroxylamine groups is 2. The molecule has 136 valence electrons. The van der Waals surface area contributed by atoms with E-state index >= 15 is 0 Å². The molecule has 0 bridgehead atoms. The third kappa shape index (κ3) is 3.25. The summed E-state index contributed by atoms with van der Waals surface area (Å²) in [6.07, 6.45) is 3.90. The van der Waals surface area contributed by atoms with Crippen LogP contribution < -0.4 is 0 Å². The Morgan fingerprint density at radius 3 is 2.92 bits per heavy atom. The van der Waals surface area contributed by atoms with Crippen molar-refractivity contribution in [2.75, 3.05) is 32.8 Å². The van der Waals surface area contributed by atoms with E-state index in [9.17, 15) is 9.59 Å². The second kappa shape index (κ2) is 6.72. The lowest BCUT2D eigenvalue weighted by Crippen LogP contribution is -2.38. The van der Waals surface area contributed by atoms with Crippen LogP contribution in [0.4, 0.5) is 0 Å². The van der Waals surface area contributed by atoms with Gasteiger partial charge in [-0.1, -0.05) is 0 Å². The average molecular weight is 349 g/mol. The largest absolute Gasteiger partial charge is 0.376 e. The standard InChI is InChI=1S/C16H23N5O4/c1-19-10-17-15(18-19)16(23)20-7-12-11(9-24-13(12)8-20)6-14(22)21-4-2-3-5-25-21/h10-13H,2-9H2,1H3/t11-,12-,13-/m1/s1. The minimum atomic E-state index is -0.178. The Kier molecular flexibility index (Phi) is 4.43. The van der Waals surface area contributed by atoms with E-state index in [0.29, 0.717) is 39.3 Å². The molecular weight excluding hydrogens is 326 g/mol. The van der Waals surface area contributed by atoms with Crippen molar-refractivity contribution in [2.45, 2.75) is 25.4 Å². The topological polar surface area (TPSA) is 89.8 Å². The van der Waals surface area contributed by atoms with Gasteiger partial charge < -0.3 is 9.64 Å². The van der Waals surface area contributed by atoms with Gasteiger partial charge in [0.2, 0.25) is 11.7 Å². The predicted octanol–water partition coefficient (Wildman–Crippen LogP) is -0.154. The number of hydrogen-bond acceptors (Lipinski definition) is 6. The van der Waals surface area contributed by atoms with Crippen molar-refractivity contribution in [2.24, 2.45) is 18.9 Å². The molecule has 1 aromatic heterocycles. The van der Waals surface area contributed by atoms with Crippen molar-refractivity contribution in [3.63, 3.8) is 0 Å². The number of carbonyl (C=O) groups excluding carboxylic acids is 2. The number of aromatic nitrogens is 3. The maximum absolute atomic E-state index is 12.5. The van der Waals surface area contributed by atoms with Crippen LogP contribution in [0.2, 0.25) is 0 Å². The monoisotopic (exact) mass is 349 g/mol. The molecule has 3 fully saturated rings. The molecule has 0 radical (unpaired) electrons. The first-order chi connectivity index (χ1) is 12.1. The molecule has 4 heterocycles. The molecule has 0 aliphatic carbocycles. The van der Waals surface area contributed by atoms with Gasteiger partial charge in [0.25, 0.3) is 5.91 Å². The number of aryl methyl sites for hydroxylation is 1. The summed E-state index contributed by atoms with van der Waals surface area (Å²) >= 11 is 0. The van der Waals surface area contributed by atoms with Crippen LogP contribution in [-0.4, -0.2) is 75.5 Å². The zero-order chi connectivity index (χ0) is 17.4. The molecule has 3 atom stereocenters. The highest BCUT2D eigenvalue weighted by Gasteiger charge is 2.46. The van der Waals surface area contributed by atoms with Crippen LogP contribution in [0.1, 0.15) is 29.9 Å². The number of amides is 2. The second-order valence-electron chi connectivity index (χ2n) is 6.99. The lowest BCUT2D eigenvalue weighted by atomic mass is 9.90. The molecule has 0 aromatic carbocycles. The number of nitrogens with zero attached hydrogens (tertiary/aromatic N) is 5. The highest BCUT2D eigenvalue weighted by atomic mass is 16.7. The summed E-state index contributed by atoms with van der Waals surface area (Å²) in [6, 6.07) is 0. The fourth-order valence-corrected chi connectivity index (χ4v) is 3.87. The Hall–Kier alpha value is -2.00. The molecule has 9 heteroatoms. The van der Waals surface area contributed by atoms with Gasteiger partial charge in [-0.15, -0.1) is 5.10 Å². The third-order valence-electron chi connectivity index (χ3n) is 5.23. The summed E-state index contributed by atoms with van der Waals surface area (Å²) in [5.41, 5.74) is 0. The Bertz CT molecular complexity index is 657. The summed E-state index contributed by atoms with van der Waals surface area (Å²) in [5, 5.41) is 5.57. The van der Waals surface area contributed by atoms with Gasteiger partial charge in [-0.2, -0.15) is 0 Å². The smallest absolute Gasteiger partial charge is 0.293 e. The zero-order valence-corrected chi connectivity index (χ0v) is 14.3. The van der Waals surface area contributed by atoms with E-state index in [1.165, 1.54) is 16.1 Å². The fraction of sp³-hybridized carbons (Fsp3) is 0.750. The van der Waals surface area contributed by atoms with Crippen LogP contribution in [0.5, 0.6) is 0 Å². The second-order valence-corrected chi connectivity index (χ2v) is 6.99. The molecule has 0 saturated carbocycles. The minimum absolute atomic E-state index is 0.00673. The summed E-state index contributed by atoms with van der Waals surface area (Å²) in [4.78, 5) is 36.1. The normalized spacial score (nSPS) is 29.1. The number of rotatable bonds is 3. The SMILES string of the molecule is Cn1cnc(C(=O)N2C[C@@H]3[C@H](CC(=O)N4CCCCO4)CO[C@@H]3C2)n1. The summed E-state index contributed by atoms with van der Waals surface area (Å²) in [6.45, 7) is 2.96. The molecule has 0 N–H and O–H groups in total. The molecular formula is C16H23N5O4. The van der Waals surface area contributed by atoms with E-state index in [0.717, 1.165) is 12.8 Å². The Labute approximate surface area is 145 Å². The highest BCUT2D eigenvalue weighted by Crippen LogP contribution is 2.36. The quantitative estimate of drug-likeness (QED) is 0.754. The first kappa shape index (κ1) is 16.5. The molecule has 3 saturated heterocycles. The van der Waals surface area contributed by atoms with Crippen molar-refractivity contribution in [3.8, 4) is 0 Å².